The number of amides is 1. The van der Waals surface area contributed by atoms with Crippen LogP contribution in [0.3, 0.4) is 0 Å². The summed E-state index contributed by atoms with van der Waals surface area (Å²) >= 11 is 1.70. The molecule has 186 valence electrons. The first-order valence-corrected chi connectivity index (χ1v) is 13.1. The van der Waals surface area contributed by atoms with Crippen LogP contribution in [0.5, 0.6) is 0 Å². The van der Waals surface area contributed by atoms with E-state index in [1.165, 1.54) is 5.56 Å². The van der Waals surface area contributed by atoms with Crippen LogP contribution < -0.4 is 5.73 Å². The van der Waals surface area contributed by atoms with E-state index < -0.39 is 11.9 Å². The molecule has 6 nitrogen and oxygen atoms in total. The van der Waals surface area contributed by atoms with E-state index in [0.29, 0.717) is 18.5 Å². The molecule has 0 radical (unpaired) electrons. The highest BCUT2D eigenvalue weighted by Gasteiger charge is 2.39. The van der Waals surface area contributed by atoms with Gasteiger partial charge in [0.25, 0.3) is 0 Å². The fraction of sp³-hybridized carbons (Fsp3) is 0.276. The van der Waals surface area contributed by atoms with Crippen molar-refractivity contribution >= 4 is 29.5 Å². The Kier molecular flexibility index (Phi) is 8.44. The van der Waals surface area contributed by atoms with Gasteiger partial charge in [0, 0.05) is 28.8 Å². The molecule has 0 bridgehead atoms. The maximum atomic E-state index is 13.0. The minimum atomic E-state index is -0.919. The standard InChI is InChI=1S/C29H31N3O3S/c30-28(31)23-10-8-21(9-11-23)22-12-14-26(15-13-22)36-19-25-17-24(18-27(33)34)29(35)32(25)16-4-7-20-5-2-1-3-6-20/h1-3,5-6,8-15,24-25H,4,7,16-19H2,(H3,30,31)(H,33,34). The second kappa shape index (κ2) is 11.9. The third-order valence-corrected chi connectivity index (χ3v) is 7.74. The quantitative estimate of drug-likeness (QED) is 0.194. The number of carbonyl (C=O) groups is 2. The third kappa shape index (κ3) is 6.55. The van der Waals surface area contributed by atoms with Gasteiger partial charge >= 0.3 is 5.97 Å². The third-order valence-electron chi connectivity index (χ3n) is 6.58. The summed E-state index contributed by atoms with van der Waals surface area (Å²) in [5.41, 5.74) is 9.62. The number of aryl methyl sites for hydroxylation is 1. The monoisotopic (exact) mass is 501 g/mol. The molecule has 1 amide bonds. The molecular formula is C29H31N3O3S. The number of rotatable bonds is 11. The van der Waals surface area contributed by atoms with Crippen molar-refractivity contribution in [3.05, 3.63) is 90.0 Å². The lowest BCUT2D eigenvalue weighted by Crippen LogP contribution is -2.36. The summed E-state index contributed by atoms with van der Waals surface area (Å²) in [6.07, 6.45) is 2.23. The maximum absolute atomic E-state index is 13.0. The minimum Gasteiger partial charge on any atom is -0.481 e. The van der Waals surface area contributed by atoms with Gasteiger partial charge in [0.05, 0.1) is 12.3 Å². The number of aliphatic carboxylic acids is 1. The van der Waals surface area contributed by atoms with E-state index in [2.05, 4.69) is 36.4 Å². The highest BCUT2D eigenvalue weighted by atomic mass is 32.2. The van der Waals surface area contributed by atoms with Crippen LogP contribution in [0.1, 0.15) is 30.4 Å². The topological polar surface area (TPSA) is 107 Å². The molecule has 1 saturated heterocycles. The number of carboxylic acid groups (broad SMARTS) is 1. The van der Waals surface area contributed by atoms with Crippen LogP contribution in [-0.2, 0) is 16.0 Å². The molecule has 1 aliphatic rings. The van der Waals surface area contributed by atoms with E-state index in [0.717, 1.165) is 34.6 Å². The van der Waals surface area contributed by atoms with Crippen LogP contribution in [0.4, 0.5) is 0 Å². The van der Waals surface area contributed by atoms with Crippen molar-refractivity contribution in [3.63, 3.8) is 0 Å². The molecule has 2 atom stereocenters. The highest BCUT2D eigenvalue weighted by molar-refractivity contribution is 7.99. The van der Waals surface area contributed by atoms with E-state index in [-0.39, 0.29) is 24.2 Å². The first-order valence-electron chi connectivity index (χ1n) is 12.1. The van der Waals surface area contributed by atoms with Crippen LogP contribution in [0.15, 0.2) is 83.8 Å². The SMILES string of the molecule is N=C(N)c1ccc(-c2ccc(SCC3CC(CC(=O)O)C(=O)N3CCCc3ccccc3)cc2)cc1. The number of carbonyl (C=O) groups excluding carboxylic acids is 1. The zero-order valence-corrected chi connectivity index (χ0v) is 20.9. The zero-order valence-electron chi connectivity index (χ0n) is 20.1. The Morgan fingerprint density at radius 3 is 2.25 bits per heavy atom. The van der Waals surface area contributed by atoms with Gasteiger partial charge in [0.15, 0.2) is 0 Å². The highest BCUT2D eigenvalue weighted by Crippen LogP contribution is 2.32. The molecule has 2 unspecified atom stereocenters. The van der Waals surface area contributed by atoms with Crippen molar-refractivity contribution < 1.29 is 14.7 Å². The second-order valence-electron chi connectivity index (χ2n) is 9.13. The first kappa shape index (κ1) is 25.5. The smallest absolute Gasteiger partial charge is 0.304 e. The van der Waals surface area contributed by atoms with E-state index in [1.807, 2.05) is 47.4 Å². The van der Waals surface area contributed by atoms with Gasteiger partial charge in [-0.1, -0.05) is 66.7 Å². The van der Waals surface area contributed by atoms with Crippen molar-refractivity contribution in [1.82, 2.24) is 4.90 Å². The molecule has 0 saturated carbocycles. The number of thioether (sulfide) groups is 1. The van der Waals surface area contributed by atoms with Gasteiger partial charge in [0.1, 0.15) is 5.84 Å². The maximum Gasteiger partial charge on any atom is 0.304 e. The molecule has 4 N–H and O–H groups in total. The number of nitrogens with two attached hydrogens (primary N) is 1. The predicted octanol–water partition coefficient (Wildman–Crippen LogP) is 5.05. The molecule has 0 spiro atoms. The van der Waals surface area contributed by atoms with Crippen LogP contribution in [0, 0.1) is 11.3 Å². The Morgan fingerprint density at radius 1 is 1.00 bits per heavy atom. The molecule has 3 aromatic carbocycles. The molecule has 1 heterocycles. The summed E-state index contributed by atoms with van der Waals surface area (Å²) in [6, 6.07) is 26.1. The van der Waals surface area contributed by atoms with Crippen molar-refractivity contribution in [2.24, 2.45) is 11.7 Å². The average Bonchev–Trinajstić information content (AvgIpc) is 3.17. The Balaban J connectivity index is 1.37. The summed E-state index contributed by atoms with van der Waals surface area (Å²) in [5, 5.41) is 16.8. The fourth-order valence-electron chi connectivity index (χ4n) is 4.68. The number of hydrogen-bond donors (Lipinski definition) is 3. The van der Waals surface area contributed by atoms with E-state index >= 15 is 0 Å². The molecular weight excluding hydrogens is 470 g/mol. The van der Waals surface area contributed by atoms with E-state index in [4.69, 9.17) is 11.1 Å². The fourth-order valence-corrected chi connectivity index (χ4v) is 5.71. The van der Waals surface area contributed by atoms with Crippen LogP contribution in [-0.4, -0.2) is 46.1 Å². The van der Waals surface area contributed by atoms with Crippen LogP contribution >= 0.6 is 11.8 Å². The van der Waals surface area contributed by atoms with Crippen LogP contribution in [0.25, 0.3) is 11.1 Å². The van der Waals surface area contributed by atoms with Gasteiger partial charge in [-0.3, -0.25) is 15.0 Å². The molecule has 1 aliphatic heterocycles. The van der Waals surface area contributed by atoms with Gasteiger partial charge in [-0.05, 0) is 48.1 Å². The number of hydrogen-bond acceptors (Lipinski definition) is 4. The van der Waals surface area contributed by atoms with Crippen molar-refractivity contribution in [3.8, 4) is 11.1 Å². The molecule has 36 heavy (non-hydrogen) atoms. The minimum absolute atomic E-state index is 0.0274. The van der Waals surface area contributed by atoms with Crippen LogP contribution in [0.2, 0.25) is 0 Å². The molecule has 0 aromatic heterocycles. The molecule has 0 aliphatic carbocycles. The number of amidine groups is 1. The Bertz CT molecular complexity index is 1200. The number of carboxylic acids is 1. The van der Waals surface area contributed by atoms with E-state index in [1.54, 1.807) is 11.8 Å². The summed E-state index contributed by atoms with van der Waals surface area (Å²) in [7, 11) is 0. The number of benzene rings is 3. The second-order valence-corrected chi connectivity index (χ2v) is 10.2. The lowest BCUT2D eigenvalue weighted by atomic mass is 10.0. The normalized spacial score (nSPS) is 17.3. The Labute approximate surface area is 216 Å². The number of nitrogens with one attached hydrogen (secondary N) is 1. The van der Waals surface area contributed by atoms with Gasteiger partial charge in [-0.25, -0.2) is 0 Å². The number of nitrogen functional groups attached to an aromatic ring is 1. The average molecular weight is 502 g/mol. The predicted molar refractivity (Wildman–Crippen MR) is 144 cm³/mol. The summed E-state index contributed by atoms with van der Waals surface area (Å²) in [4.78, 5) is 27.3. The van der Waals surface area contributed by atoms with E-state index in [9.17, 15) is 14.7 Å². The lowest BCUT2D eigenvalue weighted by molar-refractivity contribution is -0.142. The van der Waals surface area contributed by atoms with Gasteiger partial charge in [-0.15, -0.1) is 11.8 Å². The Morgan fingerprint density at radius 2 is 1.64 bits per heavy atom. The van der Waals surface area contributed by atoms with Gasteiger partial charge in [0.2, 0.25) is 5.91 Å². The molecule has 4 rings (SSSR count). The van der Waals surface area contributed by atoms with Crippen molar-refractivity contribution in [2.45, 2.75) is 36.6 Å². The molecule has 3 aromatic rings. The van der Waals surface area contributed by atoms with Crippen molar-refractivity contribution in [2.75, 3.05) is 12.3 Å². The summed E-state index contributed by atoms with van der Waals surface area (Å²) in [6.45, 7) is 0.643. The zero-order chi connectivity index (χ0) is 25.5. The van der Waals surface area contributed by atoms with Gasteiger partial charge in [-0.2, -0.15) is 0 Å². The number of likely N-dealkylation sites (tertiary alicyclic amines) is 1. The summed E-state index contributed by atoms with van der Waals surface area (Å²) < 4.78 is 0. The summed E-state index contributed by atoms with van der Waals surface area (Å²) in [5.74, 6) is -0.596. The van der Waals surface area contributed by atoms with Crippen molar-refractivity contribution in [1.29, 1.82) is 5.41 Å². The first-order chi connectivity index (χ1) is 17.4. The molecule has 7 heteroatoms. The lowest BCUT2D eigenvalue weighted by Gasteiger charge is -2.24. The Hall–Kier alpha value is -3.58. The largest absolute Gasteiger partial charge is 0.481 e. The van der Waals surface area contributed by atoms with Gasteiger partial charge < -0.3 is 15.7 Å². The number of nitrogens with zero attached hydrogens (tertiary/aromatic N) is 1. The molecule has 1 fully saturated rings.